The lowest BCUT2D eigenvalue weighted by molar-refractivity contribution is 0.415. The van der Waals surface area contributed by atoms with E-state index in [9.17, 15) is 0 Å². The predicted molar refractivity (Wildman–Crippen MR) is 68.2 cm³/mol. The van der Waals surface area contributed by atoms with Crippen LogP contribution in [-0.4, -0.2) is 20.2 Å². The van der Waals surface area contributed by atoms with E-state index in [0.717, 1.165) is 11.1 Å². The van der Waals surface area contributed by atoms with Crippen LogP contribution in [0.1, 0.15) is 0 Å². The minimum absolute atomic E-state index is 0.533. The normalized spacial score (nSPS) is 14.6. The van der Waals surface area contributed by atoms with E-state index >= 15 is 0 Å². The van der Waals surface area contributed by atoms with Crippen LogP contribution in [0.15, 0.2) is 24.3 Å². The van der Waals surface area contributed by atoms with Crippen molar-refractivity contribution in [1.82, 2.24) is 5.09 Å². The van der Waals surface area contributed by atoms with E-state index in [4.69, 9.17) is 27.8 Å². The Kier molecular flexibility index (Phi) is 4.70. The second-order valence-electron chi connectivity index (χ2n) is 3.05. The van der Waals surface area contributed by atoms with Crippen molar-refractivity contribution in [2.24, 2.45) is 11.2 Å². The van der Waals surface area contributed by atoms with Crippen LogP contribution < -0.4 is 26.4 Å². The van der Waals surface area contributed by atoms with Gasteiger partial charge in [0.1, 0.15) is 5.75 Å². The van der Waals surface area contributed by atoms with E-state index < -0.39 is 6.34 Å². The van der Waals surface area contributed by atoms with E-state index in [1.807, 2.05) is 24.3 Å². The Labute approximate surface area is 95.1 Å². The van der Waals surface area contributed by atoms with Crippen molar-refractivity contribution in [2.75, 3.05) is 20.2 Å². The highest BCUT2D eigenvalue weighted by molar-refractivity contribution is 8.16. The lowest BCUT2D eigenvalue weighted by Gasteiger charge is -2.18. The number of methoxy groups -OCH3 is 1. The Bertz CT molecular complexity index is 355. The number of nitrogens with two attached hydrogens (primary N) is 2. The summed E-state index contributed by atoms with van der Waals surface area (Å²) in [6, 6.07) is 7.49. The van der Waals surface area contributed by atoms with Crippen molar-refractivity contribution in [1.29, 1.82) is 0 Å². The third-order valence-corrected chi connectivity index (χ3v) is 4.73. The average Bonchev–Trinajstić information content (AvgIpc) is 2.26. The van der Waals surface area contributed by atoms with Crippen molar-refractivity contribution in [3.63, 3.8) is 0 Å². The summed E-state index contributed by atoms with van der Waals surface area (Å²) in [5.41, 5.74) is 11.4. The maximum absolute atomic E-state index is 6.03. The first kappa shape index (κ1) is 12.6. The van der Waals surface area contributed by atoms with Gasteiger partial charge in [-0.1, -0.05) is 11.8 Å². The quantitative estimate of drug-likeness (QED) is 0.643. The molecule has 1 atom stereocenters. The topological polar surface area (TPSA) is 73.3 Å². The minimum atomic E-state index is -2.14. The molecule has 1 aromatic rings. The van der Waals surface area contributed by atoms with Crippen LogP contribution in [0.25, 0.3) is 0 Å². The molecule has 0 aliphatic heterocycles. The second kappa shape index (κ2) is 5.58. The molecule has 4 nitrogen and oxygen atoms in total. The molecule has 0 spiro atoms. The average molecular weight is 245 g/mol. The lowest BCUT2D eigenvalue weighted by atomic mass is 10.3. The van der Waals surface area contributed by atoms with Gasteiger partial charge in [-0.15, -0.1) is 0 Å². The molecule has 0 radical (unpaired) electrons. The first-order valence-corrected chi connectivity index (χ1v) is 7.45. The zero-order chi connectivity index (χ0) is 11.3. The largest absolute Gasteiger partial charge is 0.497 e. The lowest BCUT2D eigenvalue weighted by Crippen LogP contribution is -2.28. The number of nitrogens with one attached hydrogen (secondary N) is 1. The Balaban J connectivity index is 2.80. The van der Waals surface area contributed by atoms with Gasteiger partial charge in [-0.3, -0.25) is 10.6 Å². The van der Waals surface area contributed by atoms with Crippen LogP contribution in [0.2, 0.25) is 0 Å². The molecule has 0 saturated heterocycles. The second-order valence-corrected chi connectivity index (χ2v) is 6.93. The molecule has 0 aromatic heterocycles. The molecule has 0 heterocycles. The molecule has 0 bridgehead atoms. The molecule has 5 N–H and O–H groups in total. The van der Waals surface area contributed by atoms with Crippen molar-refractivity contribution in [2.45, 2.75) is 0 Å². The van der Waals surface area contributed by atoms with E-state index in [1.54, 1.807) is 7.11 Å². The van der Waals surface area contributed by atoms with Crippen molar-refractivity contribution < 1.29 is 4.74 Å². The Morgan fingerprint density at radius 2 is 2.00 bits per heavy atom. The fourth-order valence-electron chi connectivity index (χ4n) is 1.13. The first-order chi connectivity index (χ1) is 7.10. The third kappa shape index (κ3) is 3.55. The Morgan fingerprint density at radius 3 is 2.47 bits per heavy atom. The summed E-state index contributed by atoms with van der Waals surface area (Å²) in [4.78, 5) is 0. The van der Waals surface area contributed by atoms with Crippen molar-refractivity contribution in [3.8, 4) is 5.75 Å². The van der Waals surface area contributed by atoms with Gasteiger partial charge in [0.15, 0.2) is 0 Å². The number of hydrogen-bond donors (Lipinski definition) is 3. The molecule has 0 amide bonds. The molecule has 1 aromatic carbocycles. The van der Waals surface area contributed by atoms with Crippen LogP contribution in [0.3, 0.4) is 0 Å². The van der Waals surface area contributed by atoms with Crippen LogP contribution in [0, 0.1) is 0 Å². The Hall–Kier alpha value is -0.450. The third-order valence-electron chi connectivity index (χ3n) is 1.95. The maximum atomic E-state index is 6.03. The highest BCUT2D eigenvalue weighted by Gasteiger charge is 2.12. The zero-order valence-corrected chi connectivity index (χ0v) is 10.4. The molecule has 6 heteroatoms. The smallest absolute Gasteiger partial charge is 0.118 e. The summed E-state index contributed by atoms with van der Waals surface area (Å²) >= 11 is 5.34. The molecule has 0 aliphatic carbocycles. The summed E-state index contributed by atoms with van der Waals surface area (Å²) in [7, 11) is 1.63. The van der Waals surface area contributed by atoms with Gasteiger partial charge in [0, 0.05) is 18.4 Å². The summed E-state index contributed by atoms with van der Waals surface area (Å²) in [5, 5.41) is 4.04. The maximum Gasteiger partial charge on any atom is 0.118 e. The van der Waals surface area contributed by atoms with Crippen LogP contribution in [0.5, 0.6) is 5.75 Å². The van der Waals surface area contributed by atoms with Gasteiger partial charge in [0.05, 0.1) is 13.4 Å². The first-order valence-electron chi connectivity index (χ1n) is 4.58. The highest BCUT2D eigenvalue weighted by Crippen LogP contribution is 2.30. The molecule has 84 valence electrons. The minimum Gasteiger partial charge on any atom is -0.497 e. The number of hydrogen-bond acceptors (Lipinski definition) is 3. The van der Waals surface area contributed by atoms with Gasteiger partial charge >= 0.3 is 0 Å². The van der Waals surface area contributed by atoms with Gasteiger partial charge < -0.3 is 10.5 Å². The molecule has 1 rings (SSSR count). The Morgan fingerprint density at radius 1 is 1.40 bits per heavy atom. The monoisotopic (exact) mass is 245 g/mol. The summed E-state index contributed by atoms with van der Waals surface area (Å²) in [6.45, 7) is 1.17. The number of rotatable bonds is 5. The van der Waals surface area contributed by atoms with Crippen molar-refractivity contribution in [3.05, 3.63) is 24.3 Å². The van der Waals surface area contributed by atoms with Crippen LogP contribution >= 0.6 is 6.34 Å². The fourth-order valence-corrected chi connectivity index (χ4v) is 3.00. The van der Waals surface area contributed by atoms with Gasteiger partial charge in [0.25, 0.3) is 0 Å². The summed E-state index contributed by atoms with van der Waals surface area (Å²) < 4.78 is 5.06. The summed E-state index contributed by atoms with van der Waals surface area (Å²) in [6.07, 6.45) is -2.14. The van der Waals surface area contributed by atoms with E-state index in [2.05, 4.69) is 5.09 Å². The molecule has 1 unspecified atom stereocenters. The summed E-state index contributed by atoms with van der Waals surface area (Å²) in [5.74, 6) is 0.799. The molecule has 15 heavy (non-hydrogen) atoms. The molecular formula is C9H16N3OPS. The SMILES string of the molecule is COc1ccc(P(N)(=S)NCCN)cc1. The van der Waals surface area contributed by atoms with Gasteiger partial charge in [-0.2, -0.15) is 0 Å². The zero-order valence-electron chi connectivity index (χ0n) is 8.64. The van der Waals surface area contributed by atoms with E-state index in [0.29, 0.717) is 13.1 Å². The van der Waals surface area contributed by atoms with E-state index in [1.165, 1.54) is 0 Å². The molecule has 0 saturated carbocycles. The number of ether oxygens (including phenoxy) is 1. The van der Waals surface area contributed by atoms with Crippen LogP contribution in [0.4, 0.5) is 0 Å². The van der Waals surface area contributed by atoms with Gasteiger partial charge in [-0.05, 0) is 24.3 Å². The predicted octanol–water partition coefficient (Wildman–Crippen LogP) is 0.137. The number of benzene rings is 1. The van der Waals surface area contributed by atoms with Gasteiger partial charge in [-0.25, -0.2) is 0 Å². The van der Waals surface area contributed by atoms with Crippen molar-refractivity contribution >= 4 is 23.5 Å². The van der Waals surface area contributed by atoms with Crippen LogP contribution in [-0.2, 0) is 11.8 Å². The van der Waals surface area contributed by atoms with E-state index in [-0.39, 0.29) is 0 Å². The van der Waals surface area contributed by atoms with Gasteiger partial charge in [0.2, 0.25) is 0 Å². The highest BCUT2D eigenvalue weighted by atomic mass is 32.4. The molecular weight excluding hydrogens is 229 g/mol. The molecule has 0 aliphatic rings. The molecule has 0 fully saturated rings. The standard InChI is InChI=1S/C9H16N3OPS/c1-13-8-2-4-9(5-3-8)14(11,15)12-7-6-10/h2-5H,6-7,10H2,1H3,(H3,11,12,15). The fraction of sp³-hybridized carbons (Fsp3) is 0.333.